The minimum atomic E-state index is -0.141. The Balaban J connectivity index is 1.13. The van der Waals surface area contributed by atoms with Gasteiger partial charge in [-0.25, -0.2) is 0 Å². The van der Waals surface area contributed by atoms with Crippen LogP contribution >= 0.6 is 11.3 Å². The van der Waals surface area contributed by atoms with Crippen molar-refractivity contribution in [3.8, 4) is 0 Å². The van der Waals surface area contributed by atoms with Crippen LogP contribution in [0, 0.1) is 0 Å². The highest BCUT2D eigenvalue weighted by Crippen LogP contribution is 2.19. The highest BCUT2D eigenvalue weighted by atomic mass is 32.1. The fourth-order valence-corrected chi connectivity index (χ4v) is 5.03. The van der Waals surface area contributed by atoms with Crippen LogP contribution in [0.5, 0.6) is 0 Å². The standard InChI is InChI=1S/C30H35N7O3S/c1-21(38)31-17-16-23-10-7-11-24(18-23)20-28(40)33-30-37-36-29(41-30)13-6-5-12-25-14-15-26(35-34-25)32-27(39)19-22-8-3-2-4-9-22/h2-4,7-11,14-15,18,34-35H,5-6,12-13,16-17,19-20H2,1H3,(H,31,38)(H,32,39)(H,33,37,40). The van der Waals surface area contributed by atoms with Crippen molar-refractivity contribution in [3.63, 3.8) is 0 Å². The second-order valence-electron chi connectivity index (χ2n) is 9.72. The number of unbranched alkanes of at least 4 members (excludes halogenated alkanes) is 1. The van der Waals surface area contributed by atoms with E-state index in [9.17, 15) is 14.4 Å². The molecule has 3 aromatic rings. The van der Waals surface area contributed by atoms with Crippen molar-refractivity contribution >= 4 is 34.2 Å². The Bertz CT molecular complexity index is 1400. The first kappa shape index (κ1) is 29.5. The van der Waals surface area contributed by atoms with Gasteiger partial charge in [-0.15, -0.1) is 10.2 Å². The van der Waals surface area contributed by atoms with Gasteiger partial charge in [0.2, 0.25) is 22.9 Å². The molecule has 0 saturated carbocycles. The minimum absolute atomic E-state index is 0.0536. The zero-order valence-electron chi connectivity index (χ0n) is 23.0. The Hall–Kier alpha value is -4.51. The number of aromatic nitrogens is 2. The summed E-state index contributed by atoms with van der Waals surface area (Å²) in [5.74, 6) is 0.346. The van der Waals surface area contributed by atoms with Gasteiger partial charge in [0, 0.05) is 25.6 Å². The average Bonchev–Trinajstić information content (AvgIpc) is 3.39. The van der Waals surface area contributed by atoms with E-state index in [4.69, 9.17) is 0 Å². The fourth-order valence-electron chi connectivity index (χ4n) is 4.23. The highest BCUT2D eigenvalue weighted by Gasteiger charge is 2.11. The first-order chi connectivity index (χ1) is 19.9. The predicted molar refractivity (Wildman–Crippen MR) is 159 cm³/mol. The molecule has 11 heteroatoms. The third kappa shape index (κ3) is 10.5. The molecule has 0 bridgehead atoms. The number of hydrazine groups is 1. The van der Waals surface area contributed by atoms with Gasteiger partial charge < -0.3 is 21.4 Å². The van der Waals surface area contributed by atoms with E-state index in [0.29, 0.717) is 30.3 Å². The number of amides is 3. The van der Waals surface area contributed by atoms with E-state index in [0.717, 1.165) is 53.1 Å². The SMILES string of the molecule is CC(=O)NCCc1cccc(CC(=O)Nc2nnc(CCCCC3=CC=C(NC(=O)Cc4ccccc4)NN3)s2)c1. The molecule has 5 N–H and O–H groups in total. The van der Waals surface area contributed by atoms with E-state index in [1.165, 1.54) is 18.3 Å². The van der Waals surface area contributed by atoms with E-state index >= 15 is 0 Å². The molecule has 0 unspecified atom stereocenters. The maximum Gasteiger partial charge on any atom is 0.230 e. The number of nitrogens with zero attached hydrogens (tertiary/aromatic N) is 2. The number of benzene rings is 2. The lowest BCUT2D eigenvalue weighted by atomic mass is 10.1. The Morgan fingerprint density at radius 2 is 1.51 bits per heavy atom. The number of anilines is 1. The molecule has 2 aromatic carbocycles. The largest absolute Gasteiger partial charge is 0.356 e. The quantitative estimate of drug-likeness (QED) is 0.187. The summed E-state index contributed by atoms with van der Waals surface area (Å²) in [5, 5.41) is 18.2. The molecule has 0 aliphatic carbocycles. The van der Waals surface area contributed by atoms with Crippen molar-refractivity contribution in [2.24, 2.45) is 0 Å². The molecule has 214 valence electrons. The normalized spacial score (nSPS) is 12.3. The average molecular weight is 574 g/mol. The lowest BCUT2D eigenvalue weighted by molar-refractivity contribution is -0.120. The van der Waals surface area contributed by atoms with Gasteiger partial charge in [0.15, 0.2) is 0 Å². The third-order valence-electron chi connectivity index (χ3n) is 6.23. The molecule has 0 radical (unpaired) electrons. The summed E-state index contributed by atoms with van der Waals surface area (Å²) < 4.78 is 0. The van der Waals surface area contributed by atoms with E-state index in [1.807, 2.05) is 66.7 Å². The molecule has 0 atom stereocenters. The summed E-state index contributed by atoms with van der Waals surface area (Å²) >= 11 is 1.39. The molecular weight excluding hydrogens is 538 g/mol. The van der Waals surface area contributed by atoms with Crippen molar-refractivity contribution in [1.82, 2.24) is 31.7 Å². The minimum Gasteiger partial charge on any atom is -0.356 e. The summed E-state index contributed by atoms with van der Waals surface area (Å²) in [6, 6.07) is 17.4. The van der Waals surface area contributed by atoms with Gasteiger partial charge in [-0.1, -0.05) is 65.9 Å². The van der Waals surface area contributed by atoms with Gasteiger partial charge in [-0.2, -0.15) is 0 Å². The number of hydrogen-bond donors (Lipinski definition) is 5. The Morgan fingerprint density at radius 1 is 0.780 bits per heavy atom. The maximum atomic E-state index is 12.5. The second-order valence-corrected chi connectivity index (χ2v) is 10.8. The monoisotopic (exact) mass is 573 g/mol. The van der Waals surface area contributed by atoms with Crippen LogP contribution in [-0.2, 0) is 40.1 Å². The van der Waals surface area contributed by atoms with Gasteiger partial charge in [-0.3, -0.25) is 19.8 Å². The maximum absolute atomic E-state index is 12.5. The lowest BCUT2D eigenvalue weighted by Gasteiger charge is -2.20. The summed E-state index contributed by atoms with van der Waals surface area (Å²) in [4.78, 5) is 35.8. The van der Waals surface area contributed by atoms with E-state index in [2.05, 4.69) is 37.0 Å². The Kier molecular flexibility index (Phi) is 11.0. The topological polar surface area (TPSA) is 137 Å². The zero-order valence-corrected chi connectivity index (χ0v) is 23.9. The molecule has 0 spiro atoms. The summed E-state index contributed by atoms with van der Waals surface area (Å²) in [6.45, 7) is 2.06. The summed E-state index contributed by atoms with van der Waals surface area (Å²) in [5.41, 5.74) is 10.2. The molecule has 1 aliphatic heterocycles. The van der Waals surface area contributed by atoms with Crippen LogP contribution in [0.1, 0.15) is 47.9 Å². The lowest BCUT2D eigenvalue weighted by Crippen LogP contribution is -2.41. The Labute approximate surface area is 243 Å². The number of allylic oxidation sites excluding steroid dienone is 3. The molecule has 4 rings (SSSR count). The first-order valence-electron chi connectivity index (χ1n) is 13.6. The second kappa shape index (κ2) is 15.3. The van der Waals surface area contributed by atoms with Crippen LogP contribution in [0.25, 0.3) is 0 Å². The molecule has 1 aliphatic rings. The van der Waals surface area contributed by atoms with Crippen LogP contribution in [0.2, 0.25) is 0 Å². The van der Waals surface area contributed by atoms with Crippen molar-refractivity contribution < 1.29 is 14.4 Å². The van der Waals surface area contributed by atoms with Crippen molar-refractivity contribution in [2.45, 2.75) is 51.9 Å². The third-order valence-corrected chi connectivity index (χ3v) is 7.13. The number of nitrogens with one attached hydrogen (secondary N) is 5. The van der Waals surface area contributed by atoms with Crippen molar-refractivity contribution in [2.75, 3.05) is 11.9 Å². The molecule has 10 nitrogen and oxygen atoms in total. The molecule has 41 heavy (non-hydrogen) atoms. The summed E-state index contributed by atoms with van der Waals surface area (Å²) in [7, 11) is 0. The van der Waals surface area contributed by atoms with Crippen LogP contribution < -0.4 is 26.8 Å². The van der Waals surface area contributed by atoms with Crippen LogP contribution in [-0.4, -0.2) is 34.5 Å². The van der Waals surface area contributed by atoms with Crippen molar-refractivity contribution in [3.05, 3.63) is 100.0 Å². The molecule has 2 heterocycles. The van der Waals surface area contributed by atoms with E-state index in [1.54, 1.807) is 0 Å². The fraction of sp³-hybridized carbons (Fsp3) is 0.300. The van der Waals surface area contributed by atoms with Crippen molar-refractivity contribution in [1.29, 1.82) is 0 Å². The molecule has 1 aromatic heterocycles. The smallest absolute Gasteiger partial charge is 0.230 e. The first-order valence-corrected chi connectivity index (χ1v) is 14.5. The number of carbonyl (C=O) groups excluding carboxylic acids is 3. The van der Waals surface area contributed by atoms with E-state index in [-0.39, 0.29) is 24.1 Å². The van der Waals surface area contributed by atoms with Gasteiger partial charge in [0.25, 0.3) is 0 Å². The number of aryl methyl sites for hydroxylation is 1. The Morgan fingerprint density at radius 3 is 2.29 bits per heavy atom. The van der Waals surface area contributed by atoms with Gasteiger partial charge >= 0.3 is 0 Å². The number of carbonyl (C=O) groups is 3. The van der Waals surface area contributed by atoms with E-state index < -0.39 is 0 Å². The molecule has 0 saturated heterocycles. The molecule has 0 fully saturated rings. The summed E-state index contributed by atoms with van der Waals surface area (Å²) in [6.07, 6.45) is 8.60. The van der Waals surface area contributed by atoms with Gasteiger partial charge in [0.05, 0.1) is 12.8 Å². The number of hydrogen-bond acceptors (Lipinski definition) is 8. The zero-order chi connectivity index (χ0) is 28.9. The van der Waals surface area contributed by atoms with Crippen LogP contribution in [0.15, 0.2) is 78.3 Å². The number of rotatable bonds is 14. The van der Waals surface area contributed by atoms with Crippen LogP contribution in [0.4, 0.5) is 5.13 Å². The predicted octanol–water partition coefficient (Wildman–Crippen LogP) is 3.30. The highest BCUT2D eigenvalue weighted by molar-refractivity contribution is 7.15. The molecule has 3 amide bonds. The molecular formula is C30H35N7O3S. The van der Waals surface area contributed by atoms with Gasteiger partial charge in [0.1, 0.15) is 10.8 Å². The van der Waals surface area contributed by atoms with Gasteiger partial charge in [-0.05, 0) is 54.5 Å². The van der Waals surface area contributed by atoms with Crippen LogP contribution in [0.3, 0.4) is 0 Å².